The second-order valence-corrected chi connectivity index (χ2v) is 7.76. The summed E-state index contributed by atoms with van der Waals surface area (Å²) in [5.74, 6) is 1.01. The topological polar surface area (TPSA) is 108 Å². The Hall–Kier alpha value is -3.80. The summed E-state index contributed by atoms with van der Waals surface area (Å²) in [5, 5.41) is 14.1. The molecule has 9 heteroatoms. The standard InChI is InChI=1S/C22H20FN5O3/c1-11-16-6-13(23)3-4-18(16)30-14-7-15(8-14)31-22-20(17(9-24)28(2)27-22)12-5-19(29-11)21(25)26-10-12/h3-6,10-11,14-15H,7-8H2,1-2H3,(H2,25,26). The summed E-state index contributed by atoms with van der Waals surface area (Å²) in [6.07, 6.45) is 2.13. The fourth-order valence-corrected chi connectivity index (χ4v) is 3.90. The van der Waals surface area contributed by atoms with Crippen molar-refractivity contribution in [3.05, 3.63) is 47.5 Å². The van der Waals surface area contributed by atoms with Crippen molar-refractivity contribution in [3.63, 3.8) is 0 Å². The highest BCUT2D eigenvalue weighted by Gasteiger charge is 2.36. The minimum Gasteiger partial charge on any atom is -0.490 e. The Bertz CT molecular complexity index is 1210. The molecule has 0 amide bonds. The Morgan fingerprint density at radius 3 is 2.71 bits per heavy atom. The number of anilines is 1. The molecule has 2 aromatic heterocycles. The molecule has 3 aliphatic rings. The van der Waals surface area contributed by atoms with Gasteiger partial charge in [0.2, 0.25) is 5.88 Å². The third-order valence-electron chi connectivity index (χ3n) is 5.63. The molecule has 6 rings (SSSR count). The normalized spacial score (nSPS) is 21.7. The number of rotatable bonds is 0. The molecule has 4 bridgehead atoms. The van der Waals surface area contributed by atoms with Crippen LogP contribution in [0.2, 0.25) is 0 Å². The van der Waals surface area contributed by atoms with E-state index in [9.17, 15) is 9.65 Å². The molecule has 1 unspecified atom stereocenters. The second kappa shape index (κ2) is 7.16. The summed E-state index contributed by atoms with van der Waals surface area (Å²) in [7, 11) is 1.69. The minimum absolute atomic E-state index is 0.0727. The van der Waals surface area contributed by atoms with Crippen molar-refractivity contribution in [1.29, 1.82) is 5.26 Å². The number of pyridine rings is 1. The molecule has 158 valence electrons. The van der Waals surface area contributed by atoms with Crippen molar-refractivity contribution in [2.24, 2.45) is 7.05 Å². The van der Waals surface area contributed by atoms with Gasteiger partial charge in [0, 0.05) is 37.2 Å². The first-order valence-corrected chi connectivity index (χ1v) is 9.95. The number of nitriles is 1. The van der Waals surface area contributed by atoms with E-state index in [0.717, 1.165) is 0 Å². The van der Waals surface area contributed by atoms with Gasteiger partial charge >= 0.3 is 0 Å². The Balaban J connectivity index is 1.65. The quantitative estimate of drug-likeness (QED) is 0.592. The molecule has 8 nitrogen and oxygen atoms in total. The predicted octanol–water partition coefficient (Wildman–Crippen LogP) is 3.52. The van der Waals surface area contributed by atoms with Crippen LogP contribution in [-0.2, 0) is 7.05 Å². The number of hydrogen-bond acceptors (Lipinski definition) is 7. The highest BCUT2D eigenvalue weighted by molar-refractivity contribution is 5.76. The number of nitrogens with two attached hydrogens (primary N) is 1. The lowest BCUT2D eigenvalue weighted by Crippen LogP contribution is -2.41. The SMILES string of the molecule is CC1Oc2cc(cnc2N)-c2c(nn(C)c2C#N)OC2CC(C2)Oc2ccc(F)cc21. The zero-order chi connectivity index (χ0) is 21.7. The zero-order valence-electron chi connectivity index (χ0n) is 17.0. The Labute approximate surface area is 178 Å². The molecule has 0 spiro atoms. The van der Waals surface area contributed by atoms with Crippen LogP contribution in [0, 0.1) is 17.1 Å². The zero-order valence-corrected chi connectivity index (χ0v) is 17.0. The average molecular weight is 421 g/mol. The van der Waals surface area contributed by atoms with Gasteiger partial charge in [0.1, 0.15) is 41.6 Å². The Morgan fingerprint density at radius 1 is 1.16 bits per heavy atom. The minimum atomic E-state index is -0.552. The van der Waals surface area contributed by atoms with E-state index in [-0.39, 0.29) is 23.8 Å². The lowest BCUT2D eigenvalue weighted by Gasteiger charge is -2.36. The van der Waals surface area contributed by atoms with Gasteiger partial charge in [-0.05, 0) is 31.2 Å². The predicted molar refractivity (Wildman–Crippen MR) is 109 cm³/mol. The van der Waals surface area contributed by atoms with Gasteiger partial charge in [-0.15, -0.1) is 5.10 Å². The molecule has 1 aliphatic carbocycles. The van der Waals surface area contributed by atoms with Crippen LogP contribution in [0.3, 0.4) is 0 Å². The van der Waals surface area contributed by atoms with Crippen LogP contribution in [0.4, 0.5) is 10.2 Å². The van der Waals surface area contributed by atoms with Crippen LogP contribution in [0.15, 0.2) is 30.5 Å². The first-order chi connectivity index (χ1) is 14.9. The number of fused-ring (bicyclic) bond motifs is 1. The number of halogens is 1. The van der Waals surface area contributed by atoms with E-state index >= 15 is 0 Å². The van der Waals surface area contributed by atoms with Gasteiger partial charge < -0.3 is 19.9 Å². The van der Waals surface area contributed by atoms with Gasteiger partial charge in [0.05, 0.1) is 5.56 Å². The third-order valence-corrected chi connectivity index (χ3v) is 5.63. The van der Waals surface area contributed by atoms with E-state index < -0.39 is 6.10 Å². The molecule has 3 aromatic rings. The smallest absolute Gasteiger partial charge is 0.242 e. The van der Waals surface area contributed by atoms with E-state index in [0.29, 0.717) is 52.6 Å². The van der Waals surface area contributed by atoms with Crippen LogP contribution in [0.25, 0.3) is 11.1 Å². The molecule has 0 saturated heterocycles. The van der Waals surface area contributed by atoms with Crippen LogP contribution in [0.5, 0.6) is 17.4 Å². The molecule has 2 N–H and O–H groups in total. The summed E-state index contributed by atoms with van der Waals surface area (Å²) < 4.78 is 33.7. The van der Waals surface area contributed by atoms with Crippen LogP contribution in [0.1, 0.15) is 37.1 Å². The molecule has 1 atom stereocenters. The number of nitrogens with zero attached hydrogens (tertiary/aromatic N) is 4. The lowest BCUT2D eigenvalue weighted by atomic mass is 9.91. The largest absolute Gasteiger partial charge is 0.490 e. The van der Waals surface area contributed by atoms with Gasteiger partial charge in [-0.2, -0.15) is 5.26 Å². The van der Waals surface area contributed by atoms with Crippen molar-refractivity contribution < 1.29 is 18.6 Å². The number of hydrogen-bond donors (Lipinski definition) is 1. The molecule has 2 aliphatic heterocycles. The average Bonchev–Trinajstić information content (AvgIpc) is 3.03. The van der Waals surface area contributed by atoms with E-state index in [1.54, 1.807) is 32.3 Å². The Morgan fingerprint density at radius 2 is 1.94 bits per heavy atom. The molecule has 1 fully saturated rings. The van der Waals surface area contributed by atoms with Crippen LogP contribution >= 0.6 is 0 Å². The first kappa shape index (κ1) is 19.2. The van der Waals surface area contributed by atoms with E-state index in [1.807, 2.05) is 0 Å². The van der Waals surface area contributed by atoms with E-state index in [2.05, 4.69) is 16.2 Å². The van der Waals surface area contributed by atoms with Crippen molar-refractivity contribution >= 4 is 5.82 Å². The van der Waals surface area contributed by atoms with Crippen molar-refractivity contribution in [1.82, 2.24) is 14.8 Å². The summed E-state index contributed by atoms with van der Waals surface area (Å²) in [4.78, 5) is 4.24. The fraction of sp³-hybridized carbons (Fsp3) is 0.318. The van der Waals surface area contributed by atoms with Gasteiger partial charge in [0.25, 0.3) is 0 Å². The van der Waals surface area contributed by atoms with Gasteiger partial charge in [-0.3, -0.25) is 4.68 Å². The van der Waals surface area contributed by atoms with Crippen molar-refractivity contribution in [2.75, 3.05) is 5.73 Å². The van der Waals surface area contributed by atoms with Crippen molar-refractivity contribution in [3.8, 4) is 34.6 Å². The third kappa shape index (κ3) is 3.30. The summed E-state index contributed by atoms with van der Waals surface area (Å²) in [5.41, 5.74) is 8.09. The summed E-state index contributed by atoms with van der Waals surface area (Å²) in [6.45, 7) is 1.79. The molecular weight excluding hydrogens is 401 g/mol. The maximum atomic E-state index is 14.0. The fourth-order valence-electron chi connectivity index (χ4n) is 3.90. The summed E-state index contributed by atoms with van der Waals surface area (Å²) >= 11 is 0. The maximum Gasteiger partial charge on any atom is 0.242 e. The lowest BCUT2D eigenvalue weighted by molar-refractivity contribution is 0.000926. The van der Waals surface area contributed by atoms with Crippen LogP contribution < -0.4 is 19.9 Å². The van der Waals surface area contributed by atoms with Gasteiger partial charge in [-0.25, -0.2) is 9.37 Å². The van der Waals surface area contributed by atoms with E-state index in [4.69, 9.17) is 19.9 Å². The molecule has 1 saturated carbocycles. The monoisotopic (exact) mass is 421 g/mol. The molecule has 31 heavy (non-hydrogen) atoms. The second-order valence-electron chi connectivity index (χ2n) is 7.76. The van der Waals surface area contributed by atoms with Gasteiger partial charge in [0.15, 0.2) is 11.6 Å². The molecular formula is C22H20FN5O3. The van der Waals surface area contributed by atoms with E-state index in [1.165, 1.54) is 16.8 Å². The molecule has 0 radical (unpaired) electrons. The molecule has 4 heterocycles. The number of benzene rings is 1. The molecule has 1 aromatic carbocycles. The highest BCUT2D eigenvalue weighted by Crippen LogP contribution is 2.41. The number of aryl methyl sites for hydroxylation is 1. The number of aromatic nitrogens is 3. The van der Waals surface area contributed by atoms with Crippen molar-refractivity contribution in [2.45, 2.75) is 38.1 Å². The number of ether oxygens (including phenoxy) is 3. The first-order valence-electron chi connectivity index (χ1n) is 9.95. The summed E-state index contributed by atoms with van der Waals surface area (Å²) in [6, 6.07) is 8.24. The number of nitrogen functional groups attached to an aromatic ring is 1. The van der Waals surface area contributed by atoms with Crippen LogP contribution in [-0.4, -0.2) is 27.0 Å². The Kier molecular flexibility index (Phi) is 4.43. The highest BCUT2D eigenvalue weighted by atomic mass is 19.1. The maximum absolute atomic E-state index is 14.0. The van der Waals surface area contributed by atoms with Gasteiger partial charge in [-0.1, -0.05) is 0 Å².